The molecule has 1 aliphatic heterocycles. The second kappa shape index (κ2) is 11.6. The number of halogens is 2. The molecule has 0 amide bonds. The molecule has 196 valence electrons. The maximum absolute atomic E-state index is 15.1. The Kier molecular flexibility index (Phi) is 8.32. The van der Waals surface area contributed by atoms with Crippen LogP contribution in [0, 0.1) is 23.0 Å². The molecule has 0 unspecified atom stereocenters. The van der Waals surface area contributed by atoms with E-state index in [0.717, 1.165) is 25.2 Å². The SMILES string of the molecule is CCCS(=O)(=O)Nc1ccc(F)c(Nc2ccc3ncc(OCCN4CCOCC4)nc3c2C#N)c1F. The van der Waals surface area contributed by atoms with Gasteiger partial charge in [0, 0.05) is 19.6 Å². The van der Waals surface area contributed by atoms with Crippen LogP contribution >= 0.6 is 0 Å². The molecule has 1 saturated heterocycles. The van der Waals surface area contributed by atoms with Crippen LogP contribution in [0.15, 0.2) is 30.5 Å². The van der Waals surface area contributed by atoms with E-state index in [4.69, 9.17) is 9.47 Å². The second-order valence-electron chi connectivity index (χ2n) is 8.31. The van der Waals surface area contributed by atoms with Gasteiger partial charge in [-0.1, -0.05) is 6.92 Å². The lowest BCUT2D eigenvalue weighted by molar-refractivity contribution is 0.0320. The fourth-order valence-electron chi connectivity index (χ4n) is 3.82. The number of nitrogens with one attached hydrogen (secondary N) is 2. The predicted molar refractivity (Wildman–Crippen MR) is 134 cm³/mol. The molecule has 4 rings (SSSR count). The van der Waals surface area contributed by atoms with Crippen molar-refractivity contribution in [3.63, 3.8) is 0 Å². The van der Waals surface area contributed by atoms with Gasteiger partial charge in [-0.3, -0.25) is 9.62 Å². The van der Waals surface area contributed by atoms with E-state index in [-0.39, 0.29) is 28.4 Å². The van der Waals surface area contributed by atoms with Crippen LogP contribution in [0.5, 0.6) is 5.88 Å². The van der Waals surface area contributed by atoms with Crippen LogP contribution < -0.4 is 14.8 Å². The van der Waals surface area contributed by atoms with Crippen molar-refractivity contribution in [3.8, 4) is 11.9 Å². The lowest BCUT2D eigenvalue weighted by atomic mass is 10.1. The first-order chi connectivity index (χ1) is 17.8. The summed E-state index contributed by atoms with van der Waals surface area (Å²) in [5.41, 5.74) is -0.368. The van der Waals surface area contributed by atoms with E-state index >= 15 is 4.39 Å². The van der Waals surface area contributed by atoms with Crippen LogP contribution in [0.1, 0.15) is 18.9 Å². The summed E-state index contributed by atoms with van der Waals surface area (Å²) in [6, 6.07) is 6.93. The molecule has 0 atom stereocenters. The first kappa shape index (κ1) is 26.5. The van der Waals surface area contributed by atoms with Crippen LogP contribution in [0.4, 0.5) is 25.8 Å². The summed E-state index contributed by atoms with van der Waals surface area (Å²) in [6.07, 6.45) is 1.77. The van der Waals surface area contributed by atoms with E-state index in [1.54, 1.807) is 13.0 Å². The maximum Gasteiger partial charge on any atom is 0.232 e. The van der Waals surface area contributed by atoms with E-state index in [2.05, 4.69) is 24.9 Å². The minimum Gasteiger partial charge on any atom is -0.475 e. The molecule has 0 bridgehead atoms. The minimum absolute atomic E-state index is 0.000559. The normalized spacial score (nSPS) is 14.3. The fourth-order valence-corrected chi connectivity index (χ4v) is 4.95. The van der Waals surface area contributed by atoms with Gasteiger partial charge in [-0.05, 0) is 30.7 Å². The molecule has 1 fully saturated rings. The van der Waals surface area contributed by atoms with Crippen molar-refractivity contribution in [1.29, 1.82) is 5.26 Å². The lowest BCUT2D eigenvalue weighted by Gasteiger charge is -2.26. The Hall–Kier alpha value is -3.60. The molecule has 0 saturated carbocycles. The van der Waals surface area contributed by atoms with E-state index in [1.165, 1.54) is 12.3 Å². The fraction of sp³-hybridized carbons (Fsp3) is 0.375. The van der Waals surface area contributed by atoms with Crippen LogP contribution in [-0.4, -0.2) is 68.5 Å². The number of nitrogens with zero attached hydrogens (tertiary/aromatic N) is 4. The molecule has 2 aromatic carbocycles. The van der Waals surface area contributed by atoms with Crippen molar-refractivity contribution in [2.75, 3.05) is 55.2 Å². The summed E-state index contributed by atoms with van der Waals surface area (Å²) in [5.74, 6) is -2.12. The monoisotopic (exact) mass is 532 g/mol. The third-order valence-electron chi connectivity index (χ3n) is 5.65. The van der Waals surface area contributed by atoms with E-state index < -0.39 is 33.0 Å². The summed E-state index contributed by atoms with van der Waals surface area (Å²) in [7, 11) is -3.81. The Morgan fingerprint density at radius 1 is 1.19 bits per heavy atom. The molecule has 10 nitrogen and oxygen atoms in total. The Morgan fingerprint density at radius 3 is 2.68 bits per heavy atom. The van der Waals surface area contributed by atoms with Gasteiger partial charge < -0.3 is 14.8 Å². The standard InChI is InChI=1S/C24H26F2N6O4S/c1-2-13-37(33,34)31-19-4-3-17(25)24(22(19)26)29-18-5-6-20-23(16(18)14-27)30-21(15-28-20)36-12-9-32-7-10-35-11-8-32/h3-6,15,29,31H,2,7-13H2,1H3. The summed E-state index contributed by atoms with van der Waals surface area (Å²) >= 11 is 0. The van der Waals surface area contributed by atoms with Crippen molar-refractivity contribution in [2.24, 2.45) is 0 Å². The van der Waals surface area contributed by atoms with Gasteiger partial charge in [0.05, 0.1) is 42.1 Å². The number of fused-ring (bicyclic) bond motifs is 1. The topological polar surface area (TPSA) is 129 Å². The summed E-state index contributed by atoms with van der Waals surface area (Å²) in [6.45, 7) is 5.67. The Morgan fingerprint density at radius 2 is 1.95 bits per heavy atom. The molecule has 37 heavy (non-hydrogen) atoms. The van der Waals surface area contributed by atoms with Gasteiger partial charge in [0.2, 0.25) is 15.9 Å². The van der Waals surface area contributed by atoms with Gasteiger partial charge >= 0.3 is 0 Å². The molecule has 13 heteroatoms. The maximum atomic E-state index is 15.1. The molecule has 1 aliphatic rings. The molecule has 2 N–H and O–H groups in total. The second-order valence-corrected chi connectivity index (χ2v) is 10.2. The largest absolute Gasteiger partial charge is 0.475 e. The summed E-state index contributed by atoms with van der Waals surface area (Å²) in [4.78, 5) is 10.9. The smallest absolute Gasteiger partial charge is 0.232 e. The number of rotatable bonds is 10. The zero-order chi connectivity index (χ0) is 26.4. The molecular formula is C24H26F2N6O4S. The van der Waals surface area contributed by atoms with Gasteiger partial charge in [-0.25, -0.2) is 27.2 Å². The number of hydrogen-bond acceptors (Lipinski definition) is 9. The number of morpholine rings is 1. The van der Waals surface area contributed by atoms with Gasteiger partial charge in [-0.2, -0.15) is 5.26 Å². The van der Waals surface area contributed by atoms with Crippen LogP contribution in [0.25, 0.3) is 11.0 Å². The highest BCUT2D eigenvalue weighted by atomic mass is 32.2. The van der Waals surface area contributed by atoms with Crippen molar-refractivity contribution in [3.05, 3.63) is 47.7 Å². The molecule has 2 heterocycles. The minimum atomic E-state index is -3.81. The van der Waals surface area contributed by atoms with E-state index in [0.29, 0.717) is 38.3 Å². The van der Waals surface area contributed by atoms with Crippen molar-refractivity contribution >= 4 is 38.1 Å². The Bertz CT molecular complexity index is 1420. The molecular weight excluding hydrogens is 506 g/mol. The first-order valence-electron chi connectivity index (χ1n) is 11.7. The average Bonchev–Trinajstić information content (AvgIpc) is 2.88. The Balaban J connectivity index is 1.59. The predicted octanol–water partition coefficient (Wildman–Crippen LogP) is 3.39. The quantitative estimate of drug-likeness (QED) is 0.404. The molecule has 1 aromatic heterocycles. The lowest BCUT2D eigenvalue weighted by Crippen LogP contribution is -2.38. The number of benzene rings is 2. The molecule has 3 aromatic rings. The number of anilines is 3. The number of ether oxygens (including phenoxy) is 2. The molecule has 0 radical (unpaired) electrons. The zero-order valence-corrected chi connectivity index (χ0v) is 20.9. The van der Waals surface area contributed by atoms with E-state index in [1.807, 2.05) is 6.07 Å². The highest BCUT2D eigenvalue weighted by Gasteiger charge is 2.20. The average molecular weight is 533 g/mol. The number of hydrogen-bond donors (Lipinski definition) is 2. The van der Waals surface area contributed by atoms with Gasteiger partial charge in [0.1, 0.15) is 35.3 Å². The van der Waals surface area contributed by atoms with Crippen molar-refractivity contribution in [2.45, 2.75) is 13.3 Å². The Labute approximate surface area is 213 Å². The molecule has 0 spiro atoms. The van der Waals surface area contributed by atoms with Gasteiger partial charge in [-0.15, -0.1) is 0 Å². The summed E-state index contributed by atoms with van der Waals surface area (Å²) in [5, 5.41) is 12.4. The molecule has 0 aliphatic carbocycles. The first-order valence-corrected chi connectivity index (χ1v) is 13.3. The summed E-state index contributed by atoms with van der Waals surface area (Å²) < 4.78 is 67.0. The van der Waals surface area contributed by atoms with Crippen LogP contribution in [0.3, 0.4) is 0 Å². The van der Waals surface area contributed by atoms with Crippen LogP contribution in [0.2, 0.25) is 0 Å². The highest BCUT2D eigenvalue weighted by Crippen LogP contribution is 2.32. The third-order valence-corrected chi connectivity index (χ3v) is 7.13. The number of aromatic nitrogens is 2. The highest BCUT2D eigenvalue weighted by molar-refractivity contribution is 7.92. The van der Waals surface area contributed by atoms with E-state index in [9.17, 15) is 18.1 Å². The van der Waals surface area contributed by atoms with Gasteiger partial charge in [0.15, 0.2) is 5.82 Å². The van der Waals surface area contributed by atoms with Gasteiger partial charge in [0.25, 0.3) is 0 Å². The van der Waals surface area contributed by atoms with Crippen molar-refractivity contribution < 1.29 is 26.7 Å². The third kappa shape index (κ3) is 6.40. The van der Waals surface area contributed by atoms with Crippen molar-refractivity contribution in [1.82, 2.24) is 14.9 Å². The number of nitriles is 1. The number of sulfonamides is 1. The van der Waals surface area contributed by atoms with Crippen LogP contribution in [-0.2, 0) is 14.8 Å². The zero-order valence-electron chi connectivity index (χ0n) is 20.1.